The van der Waals surface area contributed by atoms with Crippen molar-refractivity contribution >= 4 is 0 Å². The van der Waals surface area contributed by atoms with E-state index in [1.165, 1.54) is 12.0 Å². The molecule has 0 saturated heterocycles. The van der Waals surface area contributed by atoms with Crippen LogP contribution in [0.5, 0.6) is 5.75 Å². The molecule has 1 aromatic rings. The van der Waals surface area contributed by atoms with E-state index >= 15 is 0 Å². The molecule has 15 heavy (non-hydrogen) atoms. The van der Waals surface area contributed by atoms with Gasteiger partial charge in [-0.3, -0.25) is 0 Å². The molecule has 0 aliphatic heterocycles. The molecule has 2 heteroatoms. The van der Waals surface area contributed by atoms with Gasteiger partial charge in [-0.1, -0.05) is 25.5 Å². The molecular formula is C13H19NO. The summed E-state index contributed by atoms with van der Waals surface area (Å²) in [4.78, 5) is 0. The lowest BCUT2D eigenvalue weighted by Gasteiger charge is -2.10. The van der Waals surface area contributed by atoms with Gasteiger partial charge in [0.2, 0.25) is 0 Å². The fraction of sp³-hybridized carbons (Fsp3) is 0.538. The Kier molecular flexibility index (Phi) is 2.96. The first-order chi connectivity index (χ1) is 7.24. The van der Waals surface area contributed by atoms with Gasteiger partial charge in [-0.25, -0.2) is 0 Å². The van der Waals surface area contributed by atoms with Crippen LogP contribution in [-0.2, 0) is 5.54 Å². The zero-order chi connectivity index (χ0) is 10.7. The van der Waals surface area contributed by atoms with Crippen molar-refractivity contribution < 1.29 is 4.74 Å². The number of rotatable bonds is 5. The maximum atomic E-state index is 6.10. The lowest BCUT2D eigenvalue weighted by molar-refractivity contribution is 0.309. The molecule has 1 fully saturated rings. The van der Waals surface area contributed by atoms with Gasteiger partial charge in [0, 0.05) is 5.54 Å². The first-order valence-electron chi connectivity index (χ1n) is 5.77. The minimum absolute atomic E-state index is 0.0258. The minimum atomic E-state index is -0.0258. The Balaban J connectivity index is 1.92. The Morgan fingerprint density at radius 2 is 1.93 bits per heavy atom. The molecule has 0 spiro atoms. The van der Waals surface area contributed by atoms with Gasteiger partial charge in [0.25, 0.3) is 0 Å². The van der Waals surface area contributed by atoms with Crippen LogP contribution >= 0.6 is 0 Å². The van der Waals surface area contributed by atoms with Crippen molar-refractivity contribution in [2.45, 2.75) is 38.1 Å². The van der Waals surface area contributed by atoms with E-state index in [-0.39, 0.29) is 5.54 Å². The molecule has 2 rings (SSSR count). The van der Waals surface area contributed by atoms with Crippen molar-refractivity contribution in [2.75, 3.05) is 6.61 Å². The van der Waals surface area contributed by atoms with Crippen LogP contribution in [-0.4, -0.2) is 6.61 Å². The van der Waals surface area contributed by atoms with E-state index in [1.54, 1.807) is 0 Å². The third-order valence-electron chi connectivity index (χ3n) is 2.98. The van der Waals surface area contributed by atoms with Crippen molar-refractivity contribution in [3.63, 3.8) is 0 Å². The highest BCUT2D eigenvalue weighted by Crippen LogP contribution is 2.42. The summed E-state index contributed by atoms with van der Waals surface area (Å²) in [5, 5.41) is 0. The summed E-state index contributed by atoms with van der Waals surface area (Å²) in [6.07, 6.45) is 4.51. The summed E-state index contributed by atoms with van der Waals surface area (Å²) in [6, 6.07) is 8.23. The summed E-state index contributed by atoms with van der Waals surface area (Å²) in [5.74, 6) is 0.955. The van der Waals surface area contributed by atoms with Crippen LogP contribution in [0.4, 0.5) is 0 Å². The topological polar surface area (TPSA) is 35.2 Å². The highest BCUT2D eigenvalue weighted by molar-refractivity contribution is 5.34. The Morgan fingerprint density at radius 3 is 2.47 bits per heavy atom. The Bertz CT molecular complexity index is 314. The van der Waals surface area contributed by atoms with Crippen molar-refractivity contribution in [1.82, 2.24) is 0 Å². The van der Waals surface area contributed by atoms with Gasteiger partial charge in [-0.2, -0.15) is 0 Å². The first kappa shape index (κ1) is 10.5. The highest BCUT2D eigenvalue weighted by atomic mass is 16.5. The number of ether oxygens (including phenoxy) is 1. The molecular weight excluding hydrogens is 186 g/mol. The van der Waals surface area contributed by atoms with E-state index in [0.29, 0.717) is 0 Å². The second-order valence-electron chi connectivity index (χ2n) is 4.38. The molecule has 0 heterocycles. The van der Waals surface area contributed by atoms with E-state index in [2.05, 4.69) is 19.1 Å². The molecule has 0 amide bonds. The Labute approximate surface area is 91.4 Å². The maximum absolute atomic E-state index is 6.10. The summed E-state index contributed by atoms with van der Waals surface area (Å²) in [7, 11) is 0. The van der Waals surface area contributed by atoms with E-state index in [9.17, 15) is 0 Å². The van der Waals surface area contributed by atoms with Crippen molar-refractivity contribution in [2.24, 2.45) is 5.73 Å². The second kappa shape index (κ2) is 4.23. The quantitative estimate of drug-likeness (QED) is 0.750. The maximum Gasteiger partial charge on any atom is 0.119 e. The molecule has 0 radical (unpaired) electrons. The molecule has 2 nitrogen and oxygen atoms in total. The van der Waals surface area contributed by atoms with E-state index in [4.69, 9.17) is 10.5 Å². The predicted molar refractivity (Wildman–Crippen MR) is 61.9 cm³/mol. The van der Waals surface area contributed by atoms with Gasteiger partial charge < -0.3 is 10.5 Å². The molecule has 1 aliphatic carbocycles. The highest BCUT2D eigenvalue weighted by Gasteiger charge is 2.39. The van der Waals surface area contributed by atoms with Crippen LogP contribution in [0.15, 0.2) is 24.3 Å². The van der Waals surface area contributed by atoms with E-state index in [0.717, 1.165) is 31.6 Å². The largest absolute Gasteiger partial charge is 0.494 e. The predicted octanol–water partition coefficient (Wildman–Crippen LogP) is 2.81. The summed E-state index contributed by atoms with van der Waals surface area (Å²) < 4.78 is 5.59. The van der Waals surface area contributed by atoms with Crippen LogP contribution in [0.1, 0.15) is 38.2 Å². The molecule has 0 atom stereocenters. The SMILES string of the molecule is CCCCOc1ccc(C2(N)CC2)cc1. The monoisotopic (exact) mass is 205 g/mol. The Morgan fingerprint density at radius 1 is 1.27 bits per heavy atom. The summed E-state index contributed by atoms with van der Waals surface area (Å²) in [5.41, 5.74) is 7.31. The number of nitrogens with two attached hydrogens (primary N) is 1. The first-order valence-corrected chi connectivity index (χ1v) is 5.77. The van der Waals surface area contributed by atoms with E-state index in [1.807, 2.05) is 12.1 Å². The van der Waals surface area contributed by atoms with Gasteiger partial charge in [0.15, 0.2) is 0 Å². The van der Waals surface area contributed by atoms with Crippen LogP contribution in [0.2, 0.25) is 0 Å². The molecule has 1 aromatic carbocycles. The van der Waals surface area contributed by atoms with Crippen LogP contribution in [0.25, 0.3) is 0 Å². The minimum Gasteiger partial charge on any atom is -0.494 e. The second-order valence-corrected chi connectivity index (χ2v) is 4.38. The molecule has 1 saturated carbocycles. The van der Waals surface area contributed by atoms with Crippen LogP contribution in [0, 0.1) is 0 Å². The number of hydrogen-bond acceptors (Lipinski definition) is 2. The fourth-order valence-corrected chi connectivity index (χ4v) is 1.64. The zero-order valence-corrected chi connectivity index (χ0v) is 9.33. The van der Waals surface area contributed by atoms with Crippen LogP contribution in [0.3, 0.4) is 0 Å². The van der Waals surface area contributed by atoms with Crippen molar-refractivity contribution in [3.8, 4) is 5.75 Å². The fourth-order valence-electron chi connectivity index (χ4n) is 1.64. The standard InChI is InChI=1S/C13H19NO/c1-2-3-10-15-12-6-4-11(5-7-12)13(14)8-9-13/h4-7H,2-3,8-10,14H2,1H3. The van der Waals surface area contributed by atoms with Crippen molar-refractivity contribution in [1.29, 1.82) is 0 Å². The molecule has 0 unspecified atom stereocenters. The molecule has 0 aromatic heterocycles. The molecule has 0 bridgehead atoms. The number of unbranched alkanes of at least 4 members (excludes halogenated alkanes) is 1. The average molecular weight is 205 g/mol. The molecule has 2 N–H and O–H groups in total. The van der Waals surface area contributed by atoms with Gasteiger partial charge in [0.05, 0.1) is 6.61 Å². The van der Waals surface area contributed by atoms with Gasteiger partial charge in [0.1, 0.15) is 5.75 Å². The number of hydrogen-bond donors (Lipinski definition) is 1. The summed E-state index contributed by atoms with van der Waals surface area (Å²) >= 11 is 0. The summed E-state index contributed by atoms with van der Waals surface area (Å²) in [6.45, 7) is 2.97. The van der Waals surface area contributed by atoms with Crippen LogP contribution < -0.4 is 10.5 Å². The zero-order valence-electron chi connectivity index (χ0n) is 9.33. The molecule has 1 aliphatic rings. The van der Waals surface area contributed by atoms with Gasteiger partial charge >= 0.3 is 0 Å². The van der Waals surface area contributed by atoms with Gasteiger partial charge in [-0.05, 0) is 37.0 Å². The normalized spacial score (nSPS) is 17.5. The van der Waals surface area contributed by atoms with Crippen molar-refractivity contribution in [3.05, 3.63) is 29.8 Å². The van der Waals surface area contributed by atoms with E-state index < -0.39 is 0 Å². The average Bonchev–Trinajstić information content (AvgIpc) is 2.99. The smallest absolute Gasteiger partial charge is 0.119 e. The molecule has 82 valence electrons. The number of benzene rings is 1. The third-order valence-corrected chi connectivity index (χ3v) is 2.98. The lowest BCUT2D eigenvalue weighted by atomic mass is 10.1. The van der Waals surface area contributed by atoms with Gasteiger partial charge in [-0.15, -0.1) is 0 Å². The third kappa shape index (κ3) is 2.51. The Hall–Kier alpha value is -1.02. The lowest BCUT2D eigenvalue weighted by Crippen LogP contribution is -2.18.